The van der Waals surface area contributed by atoms with Crippen molar-refractivity contribution >= 4 is 0 Å². The highest BCUT2D eigenvalue weighted by molar-refractivity contribution is 5.33. The van der Waals surface area contributed by atoms with Gasteiger partial charge in [-0.15, -0.1) is 0 Å². The lowest BCUT2D eigenvalue weighted by Crippen LogP contribution is -2.13. The Labute approximate surface area is 152 Å². The Morgan fingerprint density at radius 3 is 2.42 bits per heavy atom. The number of hydrogen-bond donors (Lipinski definition) is 1. The standard InChI is InChI=1S/C21H21N5/c1-3-19(13-20(4-1)16-25-12-10-22-17-25)15-23-14-18-5-7-21(8-6-18)26-11-2-9-24-26/h1-13,17,23H,14-16H2. The largest absolute Gasteiger partial charge is 0.333 e. The van der Waals surface area contributed by atoms with Crippen LogP contribution in [0.1, 0.15) is 16.7 Å². The molecule has 0 saturated heterocycles. The van der Waals surface area contributed by atoms with E-state index < -0.39 is 0 Å². The summed E-state index contributed by atoms with van der Waals surface area (Å²) in [7, 11) is 0. The third kappa shape index (κ3) is 4.07. The molecule has 0 bridgehead atoms. The summed E-state index contributed by atoms with van der Waals surface area (Å²) in [5, 5.41) is 7.76. The SMILES string of the molecule is c1cc(CNCc2ccc(-n3cccn3)cc2)cc(Cn2ccnc2)c1. The summed E-state index contributed by atoms with van der Waals surface area (Å²) in [6, 6.07) is 19.1. The molecule has 130 valence electrons. The Morgan fingerprint density at radius 2 is 1.65 bits per heavy atom. The highest BCUT2D eigenvalue weighted by atomic mass is 15.3. The third-order valence-electron chi connectivity index (χ3n) is 4.28. The van der Waals surface area contributed by atoms with Gasteiger partial charge in [0.2, 0.25) is 0 Å². The fraction of sp³-hybridized carbons (Fsp3) is 0.143. The first kappa shape index (κ1) is 16.3. The van der Waals surface area contributed by atoms with Crippen LogP contribution in [-0.4, -0.2) is 19.3 Å². The normalized spacial score (nSPS) is 10.9. The number of nitrogens with zero attached hydrogens (tertiary/aromatic N) is 4. The number of nitrogens with one attached hydrogen (secondary N) is 1. The van der Waals surface area contributed by atoms with E-state index in [2.05, 4.69) is 68.5 Å². The van der Waals surface area contributed by atoms with Crippen molar-refractivity contribution in [1.29, 1.82) is 0 Å². The summed E-state index contributed by atoms with van der Waals surface area (Å²) in [6.07, 6.45) is 9.37. The summed E-state index contributed by atoms with van der Waals surface area (Å²) < 4.78 is 3.94. The molecule has 5 heteroatoms. The van der Waals surface area contributed by atoms with Crippen molar-refractivity contribution in [3.05, 3.63) is 102 Å². The molecule has 5 nitrogen and oxygen atoms in total. The van der Waals surface area contributed by atoms with Crippen LogP contribution < -0.4 is 5.32 Å². The van der Waals surface area contributed by atoms with Gasteiger partial charge < -0.3 is 9.88 Å². The van der Waals surface area contributed by atoms with Crippen LogP contribution in [0.3, 0.4) is 0 Å². The van der Waals surface area contributed by atoms with E-state index >= 15 is 0 Å². The van der Waals surface area contributed by atoms with Crippen LogP contribution in [0, 0.1) is 0 Å². The van der Waals surface area contributed by atoms with Gasteiger partial charge in [0.25, 0.3) is 0 Å². The van der Waals surface area contributed by atoms with Gasteiger partial charge in [-0.3, -0.25) is 0 Å². The van der Waals surface area contributed by atoms with Gasteiger partial charge in [-0.2, -0.15) is 5.10 Å². The van der Waals surface area contributed by atoms with Crippen molar-refractivity contribution in [3.8, 4) is 5.69 Å². The lowest BCUT2D eigenvalue weighted by molar-refractivity contribution is 0.691. The van der Waals surface area contributed by atoms with Gasteiger partial charge >= 0.3 is 0 Å². The molecule has 26 heavy (non-hydrogen) atoms. The monoisotopic (exact) mass is 343 g/mol. The van der Waals surface area contributed by atoms with Crippen molar-refractivity contribution in [2.24, 2.45) is 0 Å². The predicted molar refractivity (Wildman–Crippen MR) is 102 cm³/mol. The molecule has 2 aromatic carbocycles. The number of rotatable bonds is 7. The maximum absolute atomic E-state index is 4.25. The van der Waals surface area contributed by atoms with Crippen molar-refractivity contribution in [2.75, 3.05) is 0 Å². The minimum absolute atomic E-state index is 0.838. The molecule has 0 radical (unpaired) electrons. The van der Waals surface area contributed by atoms with Crippen LogP contribution in [0.15, 0.2) is 85.7 Å². The highest BCUT2D eigenvalue weighted by Gasteiger charge is 2.00. The second kappa shape index (κ2) is 7.80. The Balaban J connectivity index is 1.32. The Hall–Kier alpha value is -3.18. The Kier molecular flexibility index (Phi) is 4.89. The zero-order valence-electron chi connectivity index (χ0n) is 14.5. The summed E-state index contributed by atoms with van der Waals surface area (Å²) >= 11 is 0. The van der Waals surface area contributed by atoms with Gasteiger partial charge in [-0.1, -0.05) is 36.4 Å². The summed E-state index contributed by atoms with van der Waals surface area (Å²) in [4.78, 5) is 4.09. The number of imidazole rings is 1. The van der Waals surface area contributed by atoms with Gasteiger partial charge in [-0.05, 0) is 34.9 Å². The minimum Gasteiger partial charge on any atom is -0.333 e. The molecule has 0 aliphatic rings. The fourth-order valence-corrected chi connectivity index (χ4v) is 2.97. The van der Waals surface area contributed by atoms with Crippen molar-refractivity contribution in [1.82, 2.24) is 24.6 Å². The average molecular weight is 343 g/mol. The van der Waals surface area contributed by atoms with Crippen molar-refractivity contribution in [2.45, 2.75) is 19.6 Å². The Bertz CT molecular complexity index is 925. The molecule has 2 aromatic heterocycles. The maximum Gasteiger partial charge on any atom is 0.0949 e. The van der Waals surface area contributed by atoms with Crippen LogP contribution in [0.25, 0.3) is 5.69 Å². The lowest BCUT2D eigenvalue weighted by atomic mass is 10.1. The molecule has 4 aromatic rings. The Morgan fingerprint density at radius 1 is 0.808 bits per heavy atom. The maximum atomic E-state index is 4.25. The molecule has 0 spiro atoms. The second-order valence-corrected chi connectivity index (χ2v) is 6.28. The fourth-order valence-electron chi connectivity index (χ4n) is 2.97. The van der Waals surface area contributed by atoms with Gasteiger partial charge in [0.05, 0.1) is 12.0 Å². The molecule has 0 amide bonds. The van der Waals surface area contributed by atoms with E-state index in [9.17, 15) is 0 Å². The topological polar surface area (TPSA) is 47.7 Å². The smallest absolute Gasteiger partial charge is 0.0949 e. The summed E-state index contributed by atoms with van der Waals surface area (Å²) in [5.41, 5.74) is 4.91. The van der Waals surface area contributed by atoms with E-state index in [1.165, 1.54) is 16.7 Å². The van der Waals surface area contributed by atoms with Crippen molar-refractivity contribution < 1.29 is 0 Å². The average Bonchev–Trinajstić information content (AvgIpc) is 3.37. The first-order valence-corrected chi connectivity index (χ1v) is 8.70. The molecule has 0 unspecified atom stereocenters. The van der Waals surface area contributed by atoms with Crippen LogP contribution in [0.5, 0.6) is 0 Å². The molecule has 0 fully saturated rings. The number of aromatic nitrogens is 4. The quantitative estimate of drug-likeness (QED) is 0.559. The lowest BCUT2D eigenvalue weighted by Gasteiger charge is -2.09. The van der Waals surface area contributed by atoms with Gasteiger partial charge in [-0.25, -0.2) is 9.67 Å². The van der Waals surface area contributed by atoms with Gasteiger partial charge in [0, 0.05) is 44.4 Å². The number of benzene rings is 2. The van der Waals surface area contributed by atoms with Gasteiger partial charge in [0.1, 0.15) is 0 Å². The first-order valence-electron chi connectivity index (χ1n) is 8.70. The molecular weight excluding hydrogens is 322 g/mol. The van der Waals surface area contributed by atoms with Crippen LogP contribution in [0.4, 0.5) is 0 Å². The summed E-state index contributed by atoms with van der Waals surface area (Å²) in [6.45, 7) is 2.53. The van der Waals surface area contributed by atoms with Crippen molar-refractivity contribution in [3.63, 3.8) is 0 Å². The van der Waals surface area contributed by atoms with Crippen LogP contribution >= 0.6 is 0 Å². The molecule has 0 aliphatic carbocycles. The molecule has 2 heterocycles. The minimum atomic E-state index is 0.838. The predicted octanol–water partition coefficient (Wildman–Crippen LogP) is 3.41. The first-order chi connectivity index (χ1) is 12.9. The third-order valence-corrected chi connectivity index (χ3v) is 4.28. The van der Waals surface area contributed by atoms with E-state index in [0.29, 0.717) is 0 Å². The summed E-state index contributed by atoms with van der Waals surface area (Å²) in [5.74, 6) is 0. The second-order valence-electron chi connectivity index (χ2n) is 6.28. The van der Waals surface area contributed by atoms with Gasteiger partial charge in [0.15, 0.2) is 0 Å². The zero-order valence-corrected chi connectivity index (χ0v) is 14.5. The molecular formula is C21H21N5. The molecule has 4 rings (SSSR count). The molecule has 0 aliphatic heterocycles. The van der Waals surface area contributed by atoms with E-state index in [0.717, 1.165) is 25.3 Å². The van der Waals surface area contributed by atoms with E-state index in [1.807, 2.05) is 35.7 Å². The molecule has 0 atom stereocenters. The van der Waals surface area contributed by atoms with E-state index in [1.54, 1.807) is 6.20 Å². The van der Waals surface area contributed by atoms with Crippen LogP contribution in [0.2, 0.25) is 0 Å². The molecule has 0 saturated carbocycles. The molecule has 1 N–H and O–H groups in total. The van der Waals surface area contributed by atoms with E-state index in [4.69, 9.17) is 0 Å². The van der Waals surface area contributed by atoms with Crippen LogP contribution in [-0.2, 0) is 19.6 Å². The van der Waals surface area contributed by atoms with E-state index in [-0.39, 0.29) is 0 Å². The highest BCUT2D eigenvalue weighted by Crippen LogP contribution is 2.10. The number of hydrogen-bond acceptors (Lipinski definition) is 3. The zero-order chi connectivity index (χ0) is 17.6.